The highest BCUT2D eigenvalue weighted by molar-refractivity contribution is 5.70. The van der Waals surface area contributed by atoms with Gasteiger partial charge in [-0.05, 0) is 18.3 Å². The van der Waals surface area contributed by atoms with Gasteiger partial charge in [0.25, 0.3) is 0 Å². The largest absolute Gasteiger partial charge is 0.469 e. The third-order valence-electron chi connectivity index (χ3n) is 2.61. The molecule has 0 heterocycles. The average Bonchev–Trinajstić information content (AvgIpc) is 2.36. The Labute approximate surface area is 67.9 Å². The van der Waals surface area contributed by atoms with Crippen LogP contribution in [0.3, 0.4) is 0 Å². The van der Waals surface area contributed by atoms with Crippen LogP contribution in [0.4, 0.5) is 0 Å². The summed E-state index contributed by atoms with van der Waals surface area (Å²) in [7, 11) is 1.46. The Morgan fingerprint density at radius 3 is 2.45 bits per heavy atom. The van der Waals surface area contributed by atoms with Gasteiger partial charge >= 0.3 is 5.97 Å². The molecule has 0 aliphatic heterocycles. The number of esters is 1. The molecule has 1 aliphatic rings. The van der Waals surface area contributed by atoms with Gasteiger partial charge in [0.2, 0.25) is 0 Å². The van der Waals surface area contributed by atoms with Gasteiger partial charge in [-0.25, -0.2) is 0 Å². The summed E-state index contributed by atoms with van der Waals surface area (Å²) in [6, 6.07) is 0. The van der Waals surface area contributed by atoms with Gasteiger partial charge in [-0.2, -0.15) is 0 Å². The lowest BCUT2D eigenvalue weighted by molar-refractivity contribution is -0.143. The lowest BCUT2D eigenvalue weighted by atomic mass is 9.85. The molecule has 1 saturated carbocycles. The van der Waals surface area contributed by atoms with E-state index in [0.29, 0.717) is 6.42 Å². The Hall–Kier alpha value is -0.530. The molecule has 0 N–H and O–H groups in total. The van der Waals surface area contributed by atoms with Crippen molar-refractivity contribution < 1.29 is 9.53 Å². The lowest BCUT2D eigenvalue weighted by Gasteiger charge is -2.20. The Balaban J connectivity index is 2.39. The molecule has 1 aliphatic carbocycles. The second-order valence-corrected chi connectivity index (χ2v) is 3.77. The Morgan fingerprint density at radius 2 is 2.00 bits per heavy atom. The third kappa shape index (κ3) is 2.21. The maximum absolute atomic E-state index is 11.0. The van der Waals surface area contributed by atoms with Crippen molar-refractivity contribution >= 4 is 5.97 Å². The first-order chi connectivity index (χ1) is 5.16. The standard InChI is InChI=1S/C9H16O2/c1-9(5-3-4-6-9)7-8(10)11-2/h3-7H2,1-2H3. The van der Waals surface area contributed by atoms with Crippen LogP contribution in [0.2, 0.25) is 0 Å². The Kier molecular flexibility index (Phi) is 2.53. The molecule has 2 heteroatoms. The number of carbonyl (C=O) groups excluding carboxylic acids is 1. The van der Waals surface area contributed by atoms with Crippen LogP contribution in [0.15, 0.2) is 0 Å². The van der Waals surface area contributed by atoms with E-state index in [-0.39, 0.29) is 11.4 Å². The molecule has 1 fully saturated rings. The van der Waals surface area contributed by atoms with Gasteiger partial charge in [0, 0.05) is 0 Å². The highest BCUT2D eigenvalue weighted by Crippen LogP contribution is 2.40. The van der Waals surface area contributed by atoms with E-state index in [1.807, 2.05) is 0 Å². The highest BCUT2D eigenvalue weighted by atomic mass is 16.5. The monoisotopic (exact) mass is 156 g/mol. The highest BCUT2D eigenvalue weighted by Gasteiger charge is 2.31. The average molecular weight is 156 g/mol. The topological polar surface area (TPSA) is 26.3 Å². The van der Waals surface area contributed by atoms with Crippen LogP contribution in [-0.4, -0.2) is 13.1 Å². The van der Waals surface area contributed by atoms with E-state index in [4.69, 9.17) is 0 Å². The molecule has 0 aromatic carbocycles. The zero-order chi connectivity index (χ0) is 8.32. The van der Waals surface area contributed by atoms with E-state index >= 15 is 0 Å². The van der Waals surface area contributed by atoms with Crippen LogP contribution in [0.1, 0.15) is 39.0 Å². The van der Waals surface area contributed by atoms with E-state index in [0.717, 1.165) is 0 Å². The summed E-state index contributed by atoms with van der Waals surface area (Å²) in [6.07, 6.45) is 5.51. The number of hydrogen-bond donors (Lipinski definition) is 0. The van der Waals surface area contributed by atoms with Crippen molar-refractivity contribution in [3.8, 4) is 0 Å². The quantitative estimate of drug-likeness (QED) is 0.572. The molecule has 0 atom stereocenters. The molecule has 1 rings (SSSR count). The van der Waals surface area contributed by atoms with Crippen molar-refractivity contribution in [2.45, 2.75) is 39.0 Å². The minimum atomic E-state index is -0.0607. The third-order valence-corrected chi connectivity index (χ3v) is 2.61. The molecule has 0 spiro atoms. The Morgan fingerprint density at radius 1 is 1.45 bits per heavy atom. The molecular formula is C9H16O2. The lowest BCUT2D eigenvalue weighted by Crippen LogP contribution is -2.17. The maximum atomic E-state index is 11.0. The van der Waals surface area contributed by atoms with Crippen molar-refractivity contribution in [1.82, 2.24) is 0 Å². The van der Waals surface area contributed by atoms with Crippen molar-refractivity contribution in [3.63, 3.8) is 0 Å². The van der Waals surface area contributed by atoms with Gasteiger partial charge in [-0.1, -0.05) is 19.8 Å². The molecule has 11 heavy (non-hydrogen) atoms. The summed E-state index contributed by atoms with van der Waals surface area (Å²) < 4.78 is 4.64. The van der Waals surface area contributed by atoms with Gasteiger partial charge in [-0.15, -0.1) is 0 Å². The fraction of sp³-hybridized carbons (Fsp3) is 0.889. The van der Waals surface area contributed by atoms with Crippen LogP contribution in [0, 0.1) is 5.41 Å². The van der Waals surface area contributed by atoms with Crippen molar-refractivity contribution in [2.24, 2.45) is 5.41 Å². The molecule has 0 aromatic heterocycles. The van der Waals surface area contributed by atoms with Crippen molar-refractivity contribution in [3.05, 3.63) is 0 Å². The van der Waals surface area contributed by atoms with E-state index in [1.54, 1.807) is 0 Å². The minimum Gasteiger partial charge on any atom is -0.469 e. The first kappa shape index (κ1) is 8.57. The van der Waals surface area contributed by atoms with Gasteiger partial charge < -0.3 is 4.74 Å². The summed E-state index contributed by atoms with van der Waals surface area (Å²) in [5.41, 5.74) is 0.243. The number of methoxy groups -OCH3 is 1. The van der Waals surface area contributed by atoms with Gasteiger partial charge in [0.15, 0.2) is 0 Å². The van der Waals surface area contributed by atoms with Gasteiger partial charge in [-0.3, -0.25) is 4.79 Å². The molecule has 0 radical (unpaired) electrons. The summed E-state index contributed by atoms with van der Waals surface area (Å²) >= 11 is 0. The molecule has 0 bridgehead atoms. The van der Waals surface area contributed by atoms with Crippen LogP contribution < -0.4 is 0 Å². The van der Waals surface area contributed by atoms with Crippen LogP contribution in [0.5, 0.6) is 0 Å². The number of hydrogen-bond acceptors (Lipinski definition) is 2. The second-order valence-electron chi connectivity index (χ2n) is 3.77. The molecule has 0 unspecified atom stereocenters. The Bertz CT molecular complexity index is 146. The first-order valence-electron chi connectivity index (χ1n) is 4.23. The molecular weight excluding hydrogens is 140 g/mol. The molecule has 0 aromatic rings. The van der Waals surface area contributed by atoms with Crippen LogP contribution in [0.25, 0.3) is 0 Å². The number of ether oxygens (including phenoxy) is 1. The molecule has 0 saturated heterocycles. The number of rotatable bonds is 2. The zero-order valence-corrected chi connectivity index (χ0v) is 7.35. The van der Waals surface area contributed by atoms with E-state index in [9.17, 15) is 4.79 Å². The predicted octanol–water partition coefficient (Wildman–Crippen LogP) is 2.13. The molecule has 0 amide bonds. The van der Waals surface area contributed by atoms with E-state index < -0.39 is 0 Å². The minimum absolute atomic E-state index is 0.0607. The van der Waals surface area contributed by atoms with Gasteiger partial charge in [0.05, 0.1) is 13.5 Å². The number of carbonyl (C=O) groups is 1. The molecule has 64 valence electrons. The molecule has 2 nitrogen and oxygen atoms in total. The summed E-state index contributed by atoms with van der Waals surface area (Å²) in [5, 5.41) is 0. The SMILES string of the molecule is COC(=O)CC1(C)CCCC1. The fourth-order valence-electron chi connectivity index (χ4n) is 1.83. The predicted molar refractivity (Wildman–Crippen MR) is 43.2 cm³/mol. The smallest absolute Gasteiger partial charge is 0.306 e. The summed E-state index contributed by atoms with van der Waals surface area (Å²) in [5.74, 6) is -0.0607. The second kappa shape index (κ2) is 3.24. The fourth-order valence-corrected chi connectivity index (χ4v) is 1.83. The summed E-state index contributed by atoms with van der Waals surface area (Å²) in [4.78, 5) is 11.0. The van der Waals surface area contributed by atoms with Crippen LogP contribution in [-0.2, 0) is 9.53 Å². The van der Waals surface area contributed by atoms with E-state index in [2.05, 4.69) is 11.7 Å². The first-order valence-corrected chi connectivity index (χ1v) is 4.23. The van der Waals surface area contributed by atoms with E-state index in [1.165, 1.54) is 32.8 Å². The van der Waals surface area contributed by atoms with Crippen molar-refractivity contribution in [1.29, 1.82) is 0 Å². The van der Waals surface area contributed by atoms with Crippen molar-refractivity contribution in [2.75, 3.05) is 7.11 Å². The zero-order valence-electron chi connectivity index (χ0n) is 7.35. The maximum Gasteiger partial charge on any atom is 0.306 e. The normalized spacial score (nSPS) is 21.6. The van der Waals surface area contributed by atoms with Gasteiger partial charge in [0.1, 0.15) is 0 Å². The van der Waals surface area contributed by atoms with Crippen LogP contribution >= 0.6 is 0 Å². The summed E-state index contributed by atoms with van der Waals surface area (Å²) in [6.45, 7) is 2.18.